The van der Waals surface area contributed by atoms with Crippen LogP contribution in [0.5, 0.6) is 0 Å². The molecule has 46 valence electrons. The molecule has 1 rings (SSSR count). The Hall–Kier alpha value is -0.600. The Morgan fingerprint density at radius 3 is 2.12 bits per heavy atom. The van der Waals surface area contributed by atoms with Gasteiger partial charge in [-0.15, -0.1) is 0 Å². The third-order valence-corrected chi connectivity index (χ3v) is 1.72. The van der Waals surface area contributed by atoms with Crippen LogP contribution >= 0.6 is 0 Å². The number of rotatable bonds is 1. The van der Waals surface area contributed by atoms with Gasteiger partial charge in [0.1, 0.15) is 0 Å². The molecule has 3 heteroatoms. The molecule has 1 atom stereocenters. The third-order valence-electron chi connectivity index (χ3n) is 1.72. The second-order valence-corrected chi connectivity index (χ2v) is 2.99. The van der Waals surface area contributed by atoms with Gasteiger partial charge in [-0.1, -0.05) is 13.8 Å². The van der Waals surface area contributed by atoms with Crippen molar-refractivity contribution < 1.29 is 4.92 Å². The van der Waals surface area contributed by atoms with Crippen LogP contribution in [0.1, 0.15) is 20.3 Å². The maximum atomic E-state index is 9.98. The summed E-state index contributed by atoms with van der Waals surface area (Å²) in [4.78, 5) is 9.79. The lowest BCUT2D eigenvalue weighted by molar-refractivity contribution is -0.501. The molecule has 0 aliphatic heterocycles. The van der Waals surface area contributed by atoms with Gasteiger partial charge in [0.05, 0.1) is 0 Å². The van der Waals surface area contributed by atoms with Gasteiger partial charge in [0.15, 0.2) is 0 Å². The van der Waals surface area contributed by atoms with Crippen LogP contribution in [0.4, 0.5) is 0 Å². The Labute approximate surface area is 47.8 Å². The van der Waals surface area contributed by atoms with Crippen molar-refractivity contribution in [3.8, 4) is 0 Å². The van der Waals surface area contributed by atoms with Crippen molar-refractivity contribution in [2.75, 3.05) is 0 Å². The number of hydrogen-bond donors (Lipinski definition) is 0. The minimum Gasteiger partial charge on any atom is -0.264 e. The highest BCUT2D eigenvalue weighted by molar-refractivity contribution is 4.95. The number of nitrogens with zero attached hydrogens (tertiary/aromatic N) is 1. The van der Waals surface area contributed by atoms with Gasteiger partial charge in [0.2, 0.25) is 6.04 Å². The largest absolute Gasteiger partial charge is 0.264 e. The standard InChI is InChI=1S/C5H9NO2/c1-5(2)3-4(5)6(7)8/h4H,3H2,1-2H3/t4-/m1/s1. The van der Waals surface area contributed by atoms with E-state index in [1.54, 1.807) is 0 Å². The summed E-state index contributed by atoms with van der Waals surface area (Å²) in [7, 11) is 0. The molecule has 8 heavy (non-hydrogen) atoms. The van der Waals surface area contributed by atoms with E-state index in [-0.39, 0.29) is 16.4 Å². The van der Waals surface area contributed by atoms with Crippen LogP contribution in [-0.4, -0.2) is 11.0 Å². The smallest absolute Gasteiger partial charge is 0.219 e. The van der Waals surface area contributed by atoms with Crippen LogP contribution in [0.3, 0.4) is 0 Å². The van der Waals surface area contributed by atoms with Gasteiger partial charge < -0.3 is 0 Å². The zero-order valence-corrected chi connectivity index (χ0v) is 5.05. The summed E-state index contributed by atoms with van der Waals surface area (Å²) < 4.78 is 0. The molecule has 0 bridgehead atoms. The monoisotopic (exact) mass is 115 g/mol. The molecule has 0 saturated heterocycles. The first kappa shape index (κ1) is 5.54. The molecular weight excluding hydrogens is 106 g/mol. The highest BCUT2D eigenvalue weighted by Gasteiger charge is 2.56. The SMILES string of the molecule is CC1(C)C[C@H]1[N+](=O)[O-]. The van der Waals surface area contributed by atoms with Crippen molar-refractivity contribution in [3.63, 3.8) is 0 Å². The molecule has 1 aliphatic rings. The van der Waals surface area contributed by atoms with Crippen LogP contribution in [0, 0.1) is 15.5 Å². The van der Waals surface area contributed by atoms with E-state index in [4.69, 9.17) is 0 Å². The Kier molecular flexibility index (Phi) is 0.840. The molecule has 0 spiro atoms. The summed E-state index contributed by atoms with van der Waals surface area (Å²) in [6.45, 7) is 3.83. The minimum atomic E-state index is -0.262. The van der Waals surface area contributed by atoms with E-state index in [9.17, 15) is 10.1 Å². The number of hydrogen-bond acceptors (Lipinski definition) is 2. The van der Waals surface area contributed by atoms with Gasteiger partial charge >= 0.3 is 0 Å². The summed E-state index contributed by atoms with van der Waals surface area (Å²) in [5.41, 5.74) is -0.0104. The fourth-order valence-electron chi connectivity index (χ4n) is 0.799. The molecule has 1 saturated carbocycles. The molecule has 0 aromatic carbocycles. The highest BCUT2D eigenvalue weighted by atomic mass is 16.6. The van der Waals surface area contributed by atoms with Crippen LogP contribution in [-0.2, 0) is 0 Å². The van der Waals surface area contributed by atoms with Gasteiger partial charge in [0, 0.05) is 16.8 Å². The van der Waals surface area contributed by atoms with Crippen molar-refractivity contribution >= 4 is 0 Å². The van der Waals surface area contributed by atoms with Gasteiger partial charge in [-0.05, 0) is 0 Å². The molecule has 0 amide bonds. The topological polar surface area (TPSA) is 43.1 Å². The summed E-state index contributed by atoms with van der Waals surface area (Å²) in [6, 6.07) is -0.262. The van der Waals surface area contributed by atoms with Gasteiger partial charge in [0.25, 0.3) is 0 Å². The predicted octanol–water partition coefficient (Wildman–Crippen LogP) is 1.06. The van der Waals surface area contributed by atoms with E-state index >= 15 is 0 Å². The summed E-state index contributed by atoms with van der Waals surface area (Å²) >= 11 is 0. The van der Waals surface area contributed by atoms with Crippen molar-refractivity contribution in [2.24, 2.45) is 5.41 Å². The van der Waals surface area contributed by atoms with Crippen molar-refractivity contribution in [3.05, 3.63) is 10.1 Å². The quantitative estimate of drug-likeness (QED) is 0.379. The second kappa shape index (κ2) is 1.21. The molecule has 0 heterocycles. The molecule has 1 fully saturated rings. The predicted molar refractivity (Wildman–Crippen MR) is 29.2 cm³/mol. The van der Waals surface area contributed by atoms with Crippen molar-refractivity contribution in [2.45, 2.75) is 26.3 Å². The van der Waals surface area contributed by atoms with Gasteiger partial charge in [-0.2, -0.15) is 0 Å². The van der Waals surface area contributed by atoms with E-state index in [0.29, 0.717) is 0 Å². The molecule has 0 N–H and O–H groups in total. The minimum absolute atomic E-state index is 0.0104. The van der Waals surface area contributed by atoms with Crippen LogP contribution in [0.15, 0.2) is 0 Å². The first-order valence-electron chi connectivity index (χ1n) is 2.67. The molecular formula is C5H9NO2. The Bertz CT molecular complexity index is 130. The molecule has 0 aromatic heterocycles. The van der Waals surface area contributed by atoms with Gasteiger partial charge in [-0.3, -0.25) is 10.1 Å². The zero-order valence-electron chi connectivity index (χ0n) is 5.05. The first-order valence-corrected chi connectivity index (χ1v) is 2.67. The van der Waals surface area contributed by atoms with Crippen molar-refractivity contribution in [1.82, 2.24) is 0 Å². The van der Waals surface area contributed by atoms with E-state index in [1.165, 1.54) is 0 Å². The fourth-order valence-corrected chi connectivity index (χ4v) is 0.799. The maximum Gasteiger partial charge on any atom is 0.219 e. The average Bonchev–Trinajstić information content (AvgIpc) is 2.13. The fraction of sp³-hybridized carbons (Fsp3) is 1.00. The lowest BCUT2D eigenvalue weighted by Crippen LogP contribution is -2.07. The Morgan fingerprint density at radius 1 is 1.75 bits per heavy atom. The van der Waals surface area contributed by atoms with E-state index in [2.05, 4.69) is 0 Å². The third kappa shape index (κ3) is 0.680. The van der Waals surface area contributed by atoms with Crippen molar-refractivity contribution in [1.29, 1.82) is 0 Å². The molecule has 3 nitrogen and oxygen atoms in total. The Balaban J connectivity index is 2.48. The first-order chi connectivity index (χ1) is 3.54. The lowest BCUT2D eigenvalue weighted by atomic mass is 10.2. The second-order valence-electron chi connectivity index (χ2n) is 2.99. The summed E-state index contributed by atoms with van der Waals surface area (Å²) in [6.07, 6.45) is 0.750. The number of nitro groups is 1. The van der Waals surface area contributed by atoms with Crippen LogP contribution in [0.2, 0.25) is 0 Å². The van der Waals surface area contributed by atoms with Crippen LogP contribution in [0.25, 0.3) is 0 Å². The molecule has 0 radical (unpaired) electrons. The lowest BCUT2D eigenvalue weighted by Gasteiger charge is -1.91. The summed E-state index contributed by atoms with van der Waals surface area (Å²) in [5, 5.41) is 9.98. The molecule has 0 unspecified atom stereocenters. The van der Waals surface area contributed by atoms with E-state index < -0.39 is 0 Å². The van der Waals surface area contributed by atoms with Gasteiger partial charge in [-0.25, -0.2) is 0 Å². The maximum absolute atomic E-state index is 9.98. The molecule has 1 aliphatic carbocycles. The van der Waals surface area contributed by atoms with E-state index in [0.717, 1.165) is 6.42 Å². The van der Waals surface area contributed by atoms with Crippen LogP contribution < -0.4 is 0 Å². The van der Waals surface area contributed by atoms with E-state index in [1.807, 2.05) is 13.8 Å². The highest BCUT2D eigenvalue weighted by Crippen LogP contribution is 2.46. The normalized spacial score (nSPS) is 32.0. The zero-order chi connectivity index (χ0) is 6.36. The molecule has 0 aromatic rings. The summed E-state index contributed by atoms with van der Waals surface area (Å²) in [5.74, 6) is 0. The average molecular weight is 115 g/mol. The Morgan fingerprint density at radius 2 is 2.12 bits per heavy atom.